The number of aromatic hydroxyl groups is 1. The maximum atomic E-state index is 15.3. The van der Waals surface area contributed by atoms with Gasteiger partial charge in [-0.1, -0.05) is 52.6 Å². The molecule has 6 N–H and O–H groups in total. The van der Waals surface area contributed by atoms with Crippen LogP contribution in [0.3, 0.4) is 0 Å². The number of ether oxygens (including phenoxy) is 3. The number of carbonyl (C=O) groups excluding carboxylic acids is 3. The highest BCUT2D eigenvalue weighted by molar-refractivity contribution is 8.77. The number of fused-ring (bicyclic) bond motifs is 9. The molecule has 5 aliphatic heterocycles. The zero-order chi connectivity index (χ0) is 42.2. The molecule has 1 amide bonds. The molecule has 5 heterocycles. The van der Waals surface area contributed by atoms with Crippen LogP contribution in [-0.2, 0) is 23.9 Å². The summed E-state index contributed by atoms with van der Waals surface area (Å²) in [6.45, 7) is 5.27. The molecule has 1 aromatic carbocycles. The van der Waals surface area contributed by atoms with Gasteiger partial charge < -0.3 is 45.5 Å². The SMILES string of the molecule is CNC1C2C=CC(CC(C(CC(OC(=O)C34CCCCC3CCC(=O)N4)C3(C4CCC5CCOc6c(O)ccc4c65)CCNCC3)OC(C)=O)CCC(C)(O)CSS2)C1O. The van der Waals surface area contributed by atoms with Crippen LogP contribution in [0.15, 0.2) is 24.3 Å². The monoisotopic (exact) mass is 869 g/mol. The summed E-state index contributed by atoms with van der Waals surface area (Å²) in [6, 6.07) is 3.59. The fraction of sp³-hybridized carbons (Fsp3) is 0.761. The molecule has 3 saturated heterocycles. The molecule has 332 valence electrons. The van der Waals surface area contributed by atoms with Crippen molar-refractivity contribution in [1.82, 2.24) is 16.0 Å². The molecule has 0 aromatic heterocycles. The maximum Gasteiger partial charge on any atom is 0.332 e. The minimum Gasteiger partial charge on any atom is -0.504 e. The molecule has 4 fully saturated rings. The molecular weight excluding hydrogens is 803 g/mol. The number of piperidine rings is 2. The number of phenolic OH excluding ortho intramolecular Hbond substituents is 1. The first-order valence-corrected chi connectivity index (χ1v) is 25.2. The van der Waals surface area contributed by atoms with E-state index in [0.717, 1.165) is 49.7 Å². The van der Waals surface area contributed by atoms with Crippen LogP contribution in [-0.4, -0.2) is 106 Å². The lowest BCUT2D eigenvalue weighted by molar-refractivity contribution is -0.182. The van der Waals surface area contributed by atoms with Gasteiger partial charge in [0.2, 0.25) is 5.91 Å². The van der Waals surface area contributed by atoms with Gasteiger partial charge in [0, 0.05) is 48.5 Å². The van der Waals surface area contributed by atoms with Crippen LogP contribution in [0, 0.1) is 23.2 Å². The van der Waals surface area contributed by atoms with E-state index in [1.54, 1.807) is 27.7 Å². The number of benzene rings is 1. The van der Waals surface area contributed by atoms with Crippen molar-refractivity contribution in [3.63, 3.8) is 0 Å². The van der Waals surface area contributed by atoms with Crippen LogP contribution in [0.4, 0.5) is 0 Å². The van der Waals surface area contributed by atoms with Crippen LogP contribution in [0.25, 0.3) is 0 Å². The molecule has 12 unspecified atom stereocenters. The summed E-state index contributed by atoms with van der Waals surface area (Å²) in [7, 11) is 5.15. The van der Waals surface area contributed by atoms with Crippen molar-refractivity contribution in [2.75, 3.05) is 32.5 Å². The van der Waals surface area contributed by atoms with Crippen molar-refractivity contribution in [2.45, 2.75) is 163 Å². The molecule has 1 aromatic rings. The first kappa shape index (κ1) is 44.1. The smallest absolute Gasteiger partial charge is 0.332 e. The molecule has 0 radical (unpaired) electrons. The second-order valence-corrected chi connectivity index (χ2v) is 21.9. The Hall–Kier alpha value is -2.49. The molecule has 0 spiro atoms. The first-order chi connectivity index (χ1) is 28.8. The van der Waals surface area contributed by atoms with Crippen molar-refractivity contribution >= 4 is 39.4 Å². The number of hydrogen-bond donors (Lipinski definition) is 6. The standard InChI is InChI=1S/C46H67N3O9S2/c1-27(50)57-35(29-15-18-44(2,55)26-59-60-36-13-8-30(24-29)41(53)40(36)47-3)25-37(58-43(54)46-17-5-4-6-31(46)9-14-38(52)49-46)45(19-21-48-22-20-45)33-11-7-28-16-23-56-42-34(51)12-10-32(33)39(28)42/h8,10,12-13,28-31,33,35-37,40-41,47-48,51,53,55H,4-7,9,11,14-26H2,1-3H3,(H,49,52). The average Bonchev–Trinajstić information content (AvgIpc) is 3.23. The number of phenols is 1. The summed E-state index contributed by atoms with van der Waals surface area (Å²) >= 11 is 0. The minimum absolute atomic E-state index is 0.0159. The van der Waals surface area contributed by atoms with Crippen molar-refractivity contribution in [3.05, 3.63) is 35.4 Å². The summed E-state index contributed by atoms with van der Waals surface area (Å²) in [5.41, 5.74) is -0.494. The van der Waals surface area contributed by atoms with Crippen LogP contribution in [0.1, 0.15) is 133 Å². The Morgan fingerprint density at radius 3 is 2.63 bits per heavy atom. The van der Waals surface area contributed by atoms with Gasteiger partial charge in [0.05, 0.1) is 23.6 Å². The number of rotatable bonds is 9. The number of aliphatic hydroxyl groups is 2. The fourth-order valence-corrected chi connectivity index (χ4v) is 15.6. The minimum atomic E-state index is -1.11. The Morgan fingerprint density at radius 2 is 1.85 bits per heavy atom. The molecular formula is C46H67N3O9S2. The Bertz CT molecular complexity index is 1770. The highest BCUT2D eigenvalue weighted by atomic mass is 33.1. The zero-order valence-corrected chi connectivity index (χ0v) is 37.3. The number of nitrogens with one attached hydrogen (secondary N) is 3. The quantitative estimate of drug-likeness (QED) is 0.0968. The number of amides is 1. The van der Waals surface area contributed by atoms with Crippen molar-refractivity contribution in [2.24, 2.45) is 23.2 Å². The van der Waals surface area contributed by atoms with E-state index in [1.165, 1.54) is 6.92 Å². The number of aliphatic hydroxyl groups excluding tert-OH is 1. The summed E-state index contributed by atoms with van der Waals surface area (Å²) in [5.74, 6) is -0.0561. The fourth-order valence-electron chi connectivity index (χ4n) is 12.5. The van der Waals surface area contributed by atoms with Gasteiger partial charge in [-0.25, -0.2) is 4.79 Å². The Balaban J connectivity index is 1.23. The normalized spacial score (nSPS) is 37.4. The predicted octanol–water partition coefficient (Wildman–Crippen LogP) is 6.01. The molecule has 8 aliphatic rings. The first-order valence-electron chi connectivity index (χ1n) is 22.8. The second kappa shape index (κ2) is 18.3. The van der Waals surface area contributed by atoms with Gasteiger partial charge in [-0.05, 0) is 133 Å². The number of likely N-dealkylation sites (N-methyl/N-ethyl adjacent to an activating group) is 1. The Morgan fingerprint density at radius 1 is 1.03 bits per heavy atom. The van der Waals surface area contributed by atoms with Gasteiger partial charge in [0.25, 0.3) is 0 Å². The predicted molar refractivity (Wildman–Crippen MR) is 233 cm³/mol. The van der Waals surface area contributed by atoms with Crippen LogP contribution < -0.4 is 20.7 Å². The van der Waals surface area contributed by atoms with E-state index in [4.69, 9.17) is 14.2 Å². The molecule has 12 nitrogen and oxygen atoms in total. The maximum absolute atomic E-state index is 15.3. The third-order valence-electron chi connectivity index (χ3n) is 15.7. The van der Waals surface area contributed by atoms with Crippen LogP contribution in [0.2, 0.25) is 0 Å². The lowest BCUT2D eigenvalue weighted by Crippen LogP contribution is -2.65. The van der Waals surface area contributed by atoms with Gasteiger partial charge in [0.1, 0.15) is 17.7 Å². The van der Waals surface area contributed by atoms with Crippen molar-refractivity contribution in [1.29, 1.82) is 0 Å². The molecule has 2 bridgehead atoms. The molecule has 60 heavy (non-hydrogen) atoms. The van der Waals surface area contributed by atoms with E-state index in [-0.39, 0.29) is 64.9 Å². The van der Waals surface area contributed by atoms with E-state index in [9.17, 15) is 24.9 Å². The topological polar surface area (TPSA) is 176 Å². The molecule has 12 atom stereocenters. The Labute approximate surface area is 363 Å². The summed E-state index contributed by atoms with van der Waals surface area (Å²) in [6.07, 6.45) is 12.2. The molecule has 9 rings (SSSR count). The third kappa shape index (κ3) is 8.72. The van der Waals surface area contributed by atoms with E-state index < -0.39 is 40.8 Å². The van der Waals surface area contributed by atoms with Gasteiger partial charge in [-0.3, -0.25) is 9.59 Å². The number of carbonyl (C=O) groups is 3. The largest absolute Gasteiger partial charge is 0.504 e. The van der Waals surface area contributed by atoms with E-state index >= 15 is 4.79 Å². The number of esters is 2. The van der Waals surface area contributed by atoms with Crippen molar-refractivity contribution < 1.29 is 43.9 Å². The summed E-state index contributed by atoms with van der Waals surface area (Å²) in [5, 5.41) is 44.7. The summed E-state index contributed by atoms with van der Waals surface area (Å²) in [4.78, 5) is 41.7. The lowest BCUT2D eigenvalue weighted by atomic mass is 9.57. The van der Waals surface area contributed by atoms with E-state index in [2.05, 4.69) is 34.2 Å². The highest BCUT2D eigenvalue weighted by Gasteiger charge is 2.57. The van der Waals surface area contributed by atoms with Crippen molar-refractivity contribution in [3.8, 4) is 11.5 Å². The summed E-state index contributed by atoms with van der Waals surface area (Å²) < 4.78 is 19.7. The number of hydrogen-bond acceptors (Lipinski definition) is 13. The van der Waals surface area contributed by atoms with Gasteiger partial charge in [0.15, 0.2) is 11.5 Å². The average molecular weight is 870 g/mol. The molecule has 1 saturated carbocycles. The lowest BCUT2D eigenvalue weighted by Gasteiger charge is -2.53. The van der Waals surface area contributed by atoms with Crippen LogP contribution in [0.5, 0.6) is 11.5 Å². The third-order valence-corrected chi connectivity index (χ3v) is 18.6. The van der Waals surface area contributed by atoms with E-state index in [1.807, 2.05) is 14.0 Å². The van der Waals surface area contributed by atoms with Gasteiger partial charge >= 0.3 is 11.9 Å². The van der Waals surface area contributed by atoms with Crippen LogP contribution >= 0.6 is 21.6 Å². The zero-order valence-electron chi connectivity index (χ0n) is 35.6. The van der Waals surface area contributed by atoms with Gasteiger partial charge in [-0.15, -0.1) is 0 Å². The van der Waals surface area contributed by atoms with Gasteiger partial charge in [-0.2, -0.15) is 0 Å². The molecule has 3 aliphatic carbocycles. The van der Waals surface area contributed by atoms with E-state index in [0.29, 0.717) is 82.6 Å². The Kier molecular flexibility index (Phi) is 13.5. The second-order valence-electron chi connectivity index (χ2n) is 19.4. The molecule has 14 heteroatoms. The highest BCUT2D eigenvalue weighted by Crippen LogP contribution is 2.59.